The molecule has 0 aromatic rings. The highest BCUT2D eigenvalue weighted by Crippen LogP contribution is 1.60. The van der Waals surface area contributed by atoms with Crippen molar-refractivity contribution in [2.75, 3.05) is 0 Å². The molecular weight excluding hydrogens is 189 g/mol. The van der Waals surface area contributed by atoms with E-state index in [2.05, 4.69) is 0 Å². The predicted molar refractivity (Wildman–Crippen MR) is 21.0 cm³/mol. The fourth-order valence-electron chi connectivity index (χ4n) is 0. The molecule has 0 rings (SSSR count). The van der Waals surface area contributed by atoms with Gasteiger partial charge in [-0.05, 0) is 0 Å². The number of nitrogens with zero attached hydrogens (tertiary/aromatic N) is 1. The van der Waals surface area contributed by atoms with Crippen molar-refractivity contribution < 1.29 is 39.2 Å². The number of halogens is 1. The highest BCUT2D eigenvalue weighted by molar-refractivity contribution is 3.83. The van der Waals surface area contributed by atoms with Crippen molar-refractivity contribution in [1.82, 2.24) is 12.3 Å². The summed E-state index contributed by atoms with van der Waals surface area (Å²) in [6.45, 7) is 0. The molecule has 0 unspecified atom stereocenters. The summed E-state index contributed by atoms with van der Waals surface area (Å²) in [5.41, 5.74) is 0. The standard InChI is InChI=1S/ClHO4.HNO3.2H3N/c2-1(3,4)5;2-1(3)4;;/h(H,2,3,4,5);(H,2,3,4);2*1H3. The SMILES string of the molecule is N.N.O=[N+]([O-])O.[O-][Cl+3]([O-])([O-])O. The van der Waals surface area contributed by atoms with Crippen molar-refractivity contribution in [2.45, 2.75) is 0 Å². The molecule has 0 atom stereocenters. The van der Waals surface area contributed by atoms with Gasteiger partial charge in [-0.15, -0.1) is 10.1 Å². The average molecular weight is 198 g/mol. The Labute approximate surface area is 62.7 Å². The quantitative estimate of drug-likeness (QED) is 0.218. The molecule has 11 heavy (non-hydrogen) atoms. The van der Waals surface area contributed by atoms with Crippen LogP contribution in [0.4, 0.5) is 0 Å². The second kappa shape index (κ2) is 9.25. The zero-order valence-corrected chi connectivity index (χ0v) is 5.93. The Morgan fingerprint density at radius 2 is 1.18 bits per heavy atom. The minimum Gasteiger partial charge on any atom is -0.344 e. The Hall–Kier alpha value is -0.750. The van der Waals surface area contributed by atoms with Crippen molar-refractivity contribution >= 4 is 0 Å². The molecule has 0 saturated heterocycles. The zero-order valence-electron chi connectivity index (χ0n) is 5.18. The van der Waals surface area contributed by atoms with Crippen LogP contribution in [-0.4, -0.2) is 15.0 Å². The zero-order chi connectivity index (χ0) is 8.08. The van der Waals surface area contributed by atoms with Gasteiger partial charge in [0.15, 0.2) is 0 Å². The molecule has 0 aromatic carbocycles. The average Bonchev–Trinajstić information content (AvgIpc) is 1.19. The molecule has 0 bridgehead atoms. The summed E-state index contributed by atoms with van der Waals surface area (Å²) in [5.74, 6) is 0. The Kier molecular flexibility index (Phi) is 18.9. The van der Waals surface area contributed by atoms with Gasteiger partial charge in [-0.3, -0.25) is 0 Å². The lowest BCUT2D eigenvalue weighted by Gasteiger charge is -2.03. The molecule has 0 aliphatic rings. The Balaban J connectivity index is -0.0000000383. The second-order valence-electron chi connectivity index (χ2n) is 0.634. The van der Waals surface area contributed by atoms with Gasteiger partial charge in [0, 0.05) is 0 Å². The fraction of sp³-hybridized carbons (Fsp3) is 0. The smallest absolute Gasteiger partial charge is 0.291 e. The van der Waals surface area contributed by atoms with Gasteiger partial charge in [-0.2, -0.15) is 14.0 Å². The normalized spacial score (nSPS) is 7.64. The van der Waals surface area contributed by atoms with Crippen LogP contribution in [0.3, 0.4) is 0 Å². The molecule has 0 aliphatic heterocycles. The Bertz CT molecular complexity index is 76.2. The lowest BCUT2D eigenvalue weighted by Crippen LogP contribution is -2.58. The molecule has 10 nitrogen and oxygen atoms in total. The van der Waals surface area contributed by atoms with E-state index < -0.39 is 15.3 Å². The van der Waals surface area contributed by atoms with Gasteiger partial charge >= 0.3 is 0 Å². The van der Waals surface area contributed by atoms with Crippen LogP contribution in [0.25, 0.3) is 0 Å². The lowest BCUT2D eigenvalue weighted by atomic mass is 13.1. The van der Waals surface area contributed by atoms with Crippen LogP contribution in [0.15, 0.2) is 0 Å². The molecule has 0 spiro atoms. The molecule has 0 saturated carbocycles. The number of hydrogen-bond donors (Lipinski definition) is 4. The van der Waals surface area contributed by atoms with E-state index in [0.29, 0.717) is 0 Å². The summed E-state index contributed by atoms with van der Waals surface area (Å²) in [6, 6.07) is 0. The van der Waals surface area contributed by atoms with Crippen LogP contribution < -0.4 is 26.3 Å². The van der Waals surface area contributed by atoms with E-state index >= 15 is 0 Å². The van der Waals surface area contributed by atoms with Gasteiger partial charge in [-0.25, -0.2) is 0 Å². The molecule has 72 valence electrons. The molecular formula is H8ClN3O7. The van der Waals surface area contributed by atoms with Gasteiger partial charge < -0.3 is 17.5 Å². The van der Waals surface area contributed by atoms with Crippen LogP contribution in [0.5, 0.6) is 0 Å². The fourth-order valence-corrected chi connectivity index (χ4v) is 0. The minimum atomic E-state index is -4.69. The van der Waals surface area contributed by atoms with E-state index in [-0.39, 0.29) is 12.3 Å². The van der Waals surface area contributed by atoms with E-state index in [1.54, 1.807) is 0 Å². The summed E-state index contributed by atoms with van der Waals surface area (Å²) in [5, 5.41) is 13.6. The van der Waals surface area contributed by atoms with Gasteiger partial charge in [-0.1, -0.05) is 0 Å². The Morgan fingerprint density at radius 3 is 1.18 bits per heavy atom. The van der Waals surface area contributed by atoms with E-state index in [1.807, 2.05) is 0 Å². The molecule has 0 amide bonds. The molecule has 0 heterocycles. The molecule has 0 aromatic heterocycles. The van der Waals surface area contributed by atoms with Gasteiger partial charge in [0.05, 0.1) is 14.9 Å². The third-order valence-corrected chi connectivity index (χ3v) is 0. The second-order valence-corrected chi connectivity index (χ2v) is 1.43. The first-order chi connectivity index (χ1) is 3.73. The van der Waals surface area contributed by atoms with Crippen LogP contribution in [0, 0.1) is 20.4 Å². The number of hydrogen-bond acceptors (Lipinski definition) is 8. The van der Waals surface area contributed by atoms with Crippen molar-refractivity contribution in [1.29, 1.82) is 0 Å². The summed E-state index contributed by atoms with van der Waals surface area (Å²) < 4.78 is 32.7. The van der Waals surface area contributed by atoms with E-state index in [1.165, 1.54) is 0 Å². The van der Waals surface area contributed by atoms with Gasteiger partial charge in [0.2, 0.25) is 0 Å². The third kappa shape index (κ3) is 864. The lowest BCUT2D eigenvalue weighted by molar-refractivity contribution is -1.92. The van der Waals surface area contributed by atoms with Crippen molar-refractivity contribution in [3.63, 3.8) is 0 Å². The maximum Gasteiger partial charge on any atom is 0.291 e. The first-order valence-corrected chi connectivity index (χ1v) is 2.46. The first-order valence-electron chi connectivity index (χ1n) is 1.20. The summed E-state index contributed by atoms with van der Waals surface area (Å²) in [7, 11) is -4.69. The number of rotatable bonds is 0. The minimum absolute atomic E-state index is 0. The van der Waals surface area contributed by atoms with Crippen molar-refractivity contribution in [3.8, 4) is 0 Å². The summed E-state index contributed by atoms with van der Waals surface area (Å²) in [4.78, 5) is 8.36. The van der Waals surface area contributed by atoms with E-state index in [9.17, 15) is 0 Å². The maximum absolute atomic E-state index is 8.60. The maximum atomic E-state index is 8.60. The monoisotopic (exact) mass is 197 g/mol. The van der Waals surface area contributed by atoms with Crippen LogP contribution >= 0.6 is 0 Å². The molecule has 8 N–H and O–H groups in total. The van der Waals surface area contributed by atoms with Gasteiger partial charge in [0.1, 0.15) is 0 Å². The highest BCUT2D eigenvalue weighted by atomic mass is 35.7. The predicted octanol–water partition coefficient (Wildman–Crippen LogP) is -4.15. The summed E-state index contributed by atoms with van der Waals surface area (Å²) >= 11 is 0. The van der Waals surface area contributed by atoms with E-state index in [4.69, 9.17) is 34.0 Å². The molecule has 0 aliphatic carbocycles. The van der Waals surface area contributed by atoms with Gasteiger partial charge in [0.25, 0.3) is 5.09 Å². The van der Waals surface area contributed by atoms with E-state index in [0.717, 1.165) is 0 Å². The van der Waals surface area contributed by atoms with Crippen molar-refractivity contribution in [3.05, 3.63) is 10.1 Å². The first kappa shape index (κ1) is 22.5. The molecule has 0 fully saturated rings. The van der Waals surface area contributed by atoms with Crippen LogP contribution in [-0.2, 0) is 0 Å². The highest BCUT2D eigenvalue weighted by Gasteiger charge is 1.98. The van der Waals surface area contributed by atoms with Crippen LogP contribution in [0.1, 0.15) is 0 Å². The van der Waals surface area contributed by atoms with Crippen LogP contribution in [0.2, 0.25) is 0 Å². The topological polar surface area (TPSA) is 223 Å². The molecule has 11 heteroatoms. The third-order valence-electron chi connectivity index (χ3n) is 0. The van der Waals surface area contributed by atoms with Crippen molar-refractivity contribution in [2.24, 2.45) is 0 Å². The largest absolute Gasteiger partial charge is 0.344 e. The summed E-state index contributed by atoms with van der Waals surface area (Å²) in [6.07, 6.45) is 0. The Morgan fingerprint density at radius 1 is 1.18 bits per heavy atom. The molecule has 0 radical (unpaired) electrons.